The topological polar surface area (TPSA) is 24.9 Å². The molecule has 18 heavy (non-hydrogen) atoms. The summed E-state index contributed by atoms with van der Waals surface area (Å²) in [5.74, 6) is 0. The first-order chi connectivity index (χ1) is 8.49. The zero-order valence-electron chi connectivity index (χ0n) is 10.3. The molecule has 1 heterocycles. The number of nitrogens with zero attached hydrogens (tertiary/aromatic N) is 1. The van der Waals surface area contributed by atoms with Gasteiger partial charge in [0.05, 0.1) is 17.3 Å². The van der Waals surface area contributed by atoms with Gasteiger partial charge >= 0.3 is 6.18 Å². The molecule has 0 spiro atoms. The van der Waals surface area contributed by atoms with Crippen LogP contribution in [0.25, 0.3) is 0 Å². The lowest BCUT2D eigenvalue weighted by Gasteiger charge is -2.16. The zero-order valence-corrected chi connectivity index (χ0v) is 10.3. The molecule has 0 bridgehead atoms. The van der Waals surface area contributed by atoms with Crippen LogP contribution in [0.15, 0.2) is 31.0 Å². The first-order valence-corrected chi connectivity index (χ1v) is 5.86. The van der Waals surface area contributed by atoms with Crippen molar-refractivity contribution in [1.82, 2.24) is 10.3 Å². The van der Waals surface area contributed by atoms with Gasteiger partial charge in [0.25, 0.3) is 0 Å². The normalized spacial score (nSPS) is 13.3. The van der Waals surface area contributed by atoms with E-state index in [2.05, 4.69) is 16.9 Å². The SMILES string of the molecule is C=CCC(NCCC)c1ccc(C(F)(F)F)cn1. The van der Waals surface area contributed by atoms with E-state index in [4.69, 9.17) is 0 Å². The van der Waals surface area contributed by atoms with E-state index >= 15 is 0 Å². The fourth-order valence-electron chi connectivity index (χ4n) is 1.57. The first-order valence-electron chi connectivity index (χ1n) is 5.86. The Bertz CT molecular complexity index is 371. The summed E-state index contributed by atoms with van der Waals surface area (Å²) in [5, 5.41) is 3.23. The third-order valence-electron chi connectivity index (χ3n) is 2.51. The number of hydrogen-bond donors (Lipinski definition) is 1. The summed E-state index contributed by atoms with van der Waals surface area (Å²) >= 11 is 0. The van der Waals surface area contributed by atoms with Crippen LogP contribution in [0.3, 0.4) is 0 Å². The summed E-state index contributed by atoms with van der Waals surface area (Å²) < 4.78 is 37.2. The van der Waals surface area contributed by atoms with Crippen LogP contribution in [0, 0.1) is 0 Å². The highest BCUT2D eigenvalue weighted by molar-refractivity contribution is 5.19. The number of alkyl halides is 3. The fourth-order valence-corrected chi connectivity index (χ4v) is 1.57. The van der Waals surface area contributed by atoms with E-state index < -0.39 is 11.7 Å². The standard InChI is InChI=1S/C13H17F3N2/c1-3-5-11(17-8-4-2)12-7-6-10(9-18-12)13(14,15)16/h3,6-7,9,11,17H,1,4-5,8H2,2H3. The molecule has 1 N–H and O–H groups in total. The highest BCUT2D eigenvalue weighted by Gasteiger charge is 2.30. The maximum Gasteiger partial charge on any atom is 0.417 e. The van der Waals surface area contributed by atoms with Crippen molar-refractivity contribution < 1.29 is 13.2 Å². The molecule has 1 aromatic rings. The van der Waals surface area contributed by atoms with Crippen molar-refractivity contribution >= 4 is 0 Å². The molecule has 2 nitrogen and oxygen atoms in total. The minimum atomic E-state index is -4.34. The summed E-state index contributed by atoms with van der Waals surface area (Å²) in [6, 6.07) is 2.40. The van der Waals surface area contributed by atoms with Gasteiger partial charge in [-0.2, -0.15) is 13.2 Å². The van der Waals surface area contributed by atoms with E-state index in [9.17, 15) is 13.2 Å². The molecule has 0 aliphatic carbocycles. The second-order valence-corrected chi connectivity index (χ2v) is 4.00. The Balaban J connectivity index is 2.82. The van der Waals surface area contributed by atoms with Crippen LogP contribution >= 0.6 is 0 Å². The number of rotatable bonds is 6. The van der Waals surface area contributed by atoms with Crippen LogP contribution in [0.5, 0.6) is 0 Å². The van der Waals surface area contributed by atoms with Crippen LogP contribution in [0.1, 0.15) is 37.1 Å². The molecule has 0 aliphatic rings. The second-order valence-electron chi connectivity index (χ2n) is 4.00. The second kappa shape index (κ2) is 6.54. The number of nitrogens with one attached hydrogen (secondary N) is 1. The molecule has 100 valence electrons. The number of aromatic nitrogens is 1. The molecular formula is C13H17F3N2. The van der Waals surface area contributed by atoms with Gasteiger partial charge in [0.1, 0.15) is 0 Å². The molecule has 0 fully saturated rings. The largest absolute Gasteiger partial charge is 0.417 e. The zero-order chi connectivity index (χ0) is 13.6. The van der Waals surface area contributed by atoms with Gasteiger partial charge in [0, 0.05) is 6.20 Å². The van der Waals surface area contributed by atoms with E-state index in [1.165, 1.54) is 6.07 Å². The van der Waals surface area contributed by atoms with Gasteiger partial charge in [-0.15, -0.1) is 6.58 Å². The van der Waals surface area contributed by atoms with Crippen molar-refractivity contribution in [3.05, 3.63) is 42.2 Å². The molecule has 0 aliphatic heterocycles. The Hall–Kier alpha value is -1.36. The summed E-state index contributed by atoms with van der Waals surface area (Å²) in [4.78, 5) is 3.89. The van der Waals surface area contributed by atoms with E-state index in [0.717, 1.165) is 25.2 Å². The van der Waals surface area contributed by atoms with Crippen molar-refractivity contribution in [1.29, 1.82) is 0 Å². The quantitative estimate of drug-likeness (QED) is 0.787. The molecule has 0 aromatic carbocycles. The van der Waals surface area contributed by atoms with E-state index in [-0.39, 0.29) is 6.04 Å². The predicted molar refractivity (Wildman–Crippen MR) is 65.1 cm³/mol. The molecular weight excluding hydrogens is 241 g/mol. The lowest BCUT2D eigenvalue weighted by Crippen LogP contribution is -2.22. The summed E-state index contributed by atoms with van der Waals surface area (Å²) in [6.45, 7) is 6.46. The molecule has 1 unspecified atom stereocenters. The van der Waals surface area contributed by atoms with Crippen molar-refractivity contribution in [2.45, 2.75) is 32.0 Å². The Kier molecular flexibility index (Phi) is 5.34. The highest BCUT2D eigenvalue weighted by Crippen LogP contribution is 2.29. The molecule has 1 atom stereocenters. The molecule has 0 radical (unpaired) electrons. The van der Waals surface area contributed by atoms with Gasteiger partial charge < -0.3 is 5.32 Å². The summed E-state index contributed by atoms with van der Waals surface area (Å²) in [7, 11) is 0. The van der Waals surface area contributed by atoms with E-state index in [1.807, 2.05) is 6.92 Å². The van der Waals surface area contributed by atoms with Crippen molar-refractivity contribution in [3.8, 4) is 0 Å². The monoisotopic (exact) mass is 258 g/mol. The number of pyridine rings is 1. The average molecular weight is 258 g/mol. The number of halogens is 3. The van der Waals surface area contributed by atoms with Crippen molar-refractivity contribution in [2.75, 3.05) is 6.54 Å². The molecule has 1 aromatic heterocycles. The Morgan fingerprint density at radius 3 is 2.61 bits per heavy atom. The molecule has 0 saturated heterocycles. The molecule has 1 rings (SSSR count). The van der Waals surface area contributed by atoms with Gasteiger partial charge in [-0.1, -0.05) is 13.0 Å². The van der Waals surface area contributed by atoms with E-state index in [0.29, 0.717) is 12.1 Å². The maximum absolute atomic E-state index is 12.4. The number of hydrogen-bond acceptors (Lipinski definition) is 2. The fraction of sp³-hybridized carbons (Fsp3) is 0.462. The van der Waals surface area contributed by atoms with Crippen molar-refractivity contribution in [2.24, 2.45) is 0 Å². The van der Waals surface area contributed by atoms with Crippen LogP contribution in [0.2, 0.25) is 0 Å². The molecule has 5 heteroatoms. The molecule has 0 amide bonds. The smallest absolute Gasteiger partial charge is 0.308 e. The van der Waals surface area contributed by atoms with Gasteiger partial charge in [0.2, 0.25) is 0 Å². The average Bonchev–Trinajstić information content (AvgIpc) is 2.33. The third-order valence-corrected chi connectivity index (χ3v) is 2.51. The van der Waals surface area contributed by atoms with Gasteiger partial charge in [-0.05, 0) is 31.5 Å². The first kappa shape index (κ1) is 14.7. The van der Waals surface area contributed by atoms with Crippen molar-refractivity contribution in [3.63, 3.8) is 0 Å². The lowest BCUT2D eigenvalue weighted by atomic mass is 10.1. The van der Waals surface area contributed by atoms with Crippen LogP contribution in [-0.2, 0) is 6.18 Å². The van der Waals surface area contributed by atoms with Gasteiger partial charge in [0.15, 0.2) is 0 Å². The Labute approximate surface area is 105 Å². The summed E-state index contributed by atoms with van der Waals surface area (Å²) in [6.07, 6.45) is -0.144. The van der Waals surface area contributed by atoms with Gasteiger partial charge in [-0.3, -0.25) is 4.98 Å². The van der Waals surface area contributed by atoms with Crippen LogP contribution < -0.4 is 5.32 Å². The predicted octanol–water partition coefficient (Wildman–Crippen LogP) is 3.72. The van der Waals surface area contributed by atoms with Gasteiger partial charge in [-0.25, -0.2) is 0 Å². The summed E-state index contributed by atoms with van der Waals surface area (Å²) in [5.41, 5.74) is -0.115. The Morgan fingerprint density at radius 2 is 2.17 bits per heavy atom. The van der Waals surface area contributed by atoms with Crippen LogP contribution in [-0.4, -0.2) is 11.5 Å². The third kappa shape index (κ3) is 4.14. The highest BCUT2D eigenvalue weighted by atomic mass is 19.4. The Morgan fingerprint density at radius 1 is 1.44 bits per heavy atom. The minimum absolute atomic E-state index is 0.0790. The maximum atomic E-state index is 12.4. The van der Waals surface area contributed by atoms with Crippen LogP contribution in [0.4, 0.5) is 13.2 Å². The molecule has 0 saturated carbocycles. The van der Waals surface area contributed by atoms with E-state index in [1.54, 1.807) is 6.08 Å². The lowest BCUT2D eigenvalue weighted by molar-refractivity contribution is -0.137. The minimum Gasteiger partial charge on any atom is -0.308 e.